The van der Waals surface area contributed by atoms with Crippen LogP contribution < -0.4 is 0 Å². The van der Waals surface area contributed by atoms with Crippen molar-refractivity contribution in [1.82, 2.24) is 0 Å². The molecule has 0 aromatic heterocycles. The van der Waals surface area contributed by atoms with Gasteiger partial charge in [-0.05, 0) is 41.6 Å². The van der Waals surface area contributed by atoms with Crippen molar-refractivity contribution in [2.75, 3.05) is 0 Å². The Balaban J connectivity index is 2.39. The smallest absolute Gasteiger partial charge is 0.0991 e. The minimum Gasteiger partial charge on any atom is -0.388 e. The zero-order chi connectivity index (χ0) is 11.5. The van der Waals surface area contributed by atoms with Gasteiger partial charge in [-0.15, -0.1) is 0 Å². The van der Waals surface area contributed by atoms with Crippen LogP contribution in [0.4, 0.5) is 0 Å². The maximum absolute atomic E-state index is 9.97. The summed E-state index contributed by atoms with van der Waals surface area (Å²) in [7, 11) is 0. The first-order chi connectivity index (χ1) is 7.76. The third-order valence-corrected chi connectivity index (χ3v) is 2.86. The molecule has 1 aliphatic rings. The minimum absolute atomic E-state index is 0.398. The monoisotopic (exact) mass is 214 g/mol. The number of hydrogen-bond donors (Lipinski definition) is 1. The van der Waals surface area contributed by atoms with E-state index < -0.39 is 12.1 Å². The van der Waals surface area contributed by atoms with Gasteiger partial charge in [0.2, 0.25) is 0 Å². The largest absolute Gasteiger partial charge is 0.388 e. The van der Waals surface area contributed by atoms with Gasteiger partial charge in [0, 0.05) is 4.91 Å². The summed E-state index contributed by atoms with van der Waals surface area (Å²) in [4.78, 5) is 2.73. The standard InChI is InChI=1S/C11H10N4O/c12-6-7-1-3-9-8(5-7)2-4-10(11(9)16)14-15-13/h1,3,5,10-11,16H,2,4H2. The van der Waals surface area contributed by atoms with Crippen LogP contribution in [0.25, 0.3) is 10.4 Å². The molecule has 16 heavy (non-hydrogen) atoms. The Bertz CT molecular complexity index is 499. The molecule has 0 aliphatic heterocycles. The molecule has 1 aliphatic carbocycles. The van der Waals surface area contributed by atoms with Crippen LogP contribution in [0.1, 0.15) is 29.2 Å². The SMILES string of the molecule is N#Cc1ccc2c(c1)CCC(N=[N+]=[N-])C2O. The Hall–Kier alpha value is -2.02. The van der Waals surface area contributed by atoms with Crippen molar-refractivity contribution in [3.63, 3.8) is 0 Å². The predicted octanol–water partition coefficient (Wildman–Crippen LogP) is 2.22. The molecule has 0 heterocycles. The molecule has 0 spiro atoms. The quantitative estimate of drug-likeness (QED) is 0.441. The number of aliphatic hydroxyl groups is 1. The minimum atomic E-state index is -0.757. The van der Waals surface area contributed by atoms with Crippen LogP contribution in [0.5, 0.6) is 0 Å². The molecule has 2 rings (SSSR count). The number of aryl methyl sites for hydroxylation is 1. The molecule has 5 nitrogen and oxygen atoms in total. The molecule has 0 saturated heterocycles. The summed E-state index contributed by atoms with van der Waals surface area (Å²) < 4.78 is 0. The number of azide groups is 1. The normalized spacial score (nSPS) is 22.8. The lowest BCUT2D eigenvalue weighted by molar-refractivity contribution is 0.134. The van der Waals surface area contributed by atoms with E-state index in [4.69, 9.17) is 10.8 Å². The first-order valence-electron chi connectivity index (χ1n) is 5.01. The van der Waals surface area contributed by atoms with Gasteiger partial charge in [-0.3, -0.25) is 0 Å². The fourth-order valence-corrected chi connectivity index (χ4v) is 2.04. The highest BCUT2D eigenvalue weighted by atomic mass is 16.3. The van der Waals surface area contributed by atoms with E-state index in [2.05, 4.69) is 16.1 Å². The van der Waals surface area contributed by atoms with Crippen LogP contribution in [0.3, 0.4) is 0 Å². The van der Waals surface area contributed by atoms with Crippen molar-refractivity contribution >= 4 is 0 Å². The summed E-state index contributed by atoms with van der Waals surface area (Å²) in [6.07, 6.45) is 0.589. The van der Waals surface area contributed by atoms with Crippen molar-refractivity contribution in [3.05, 3.63) is 45.3 Å². The average molecular weight is 214 g/mol. The van der Waals surface area contributed by atoms with Crippen LogP contribution in [-0.2, 0) is 6.42 Å². The maximum Gasteiger partial charge on any atom is 0.0991 e. The number of hydrogen-bond acceptors (Lipinski definition) is 3. The van der Waals surface area contributed by atoms with Gasteiger partial charge >= 0.3 is 0 Å². The van der Waals surface area contributed by atoms with Crippen LogP contribution >= 0.6 is 0 Å². The van der Waals surface area contributed by atoms with E-state index in [1.54, 1.807) is 18.2 Å². The highest BCUT2D eigenvalue weighted by molar-refractivity contribution is 5.41. The summed E-state index contributed by atoms with van der Waals surface area (Å²) >= 11 is 0. The lowest BCUT2D eigenvalue weighted by atomic mass is 9.85. The second kappa shape index (κ2) is 4.23. The van der Waals surface area contributed by atoms with E-state index in [1.807, 2.05) is 0 Å². The molecule has 2 unspecified atom stereocenters. The first kappa shape index (κ1) is 10.5. The third kappa shape index (κ3) is 1.72. The lowest BCUT2D eigenvalue weighted by Gasteiger charge is -2.26. The molecular formula is C11H10N4O. The van der Waals surface area contributed by atoms with Crippen molar-refractivity contribution in [3.8, 4) is 6.07 Å². The van der Waals surface area contributed by atoms with Crippen LogP contribution in [0, 0.1) is 11.3 Å². The molecule has 0 bridgehead atoms. The summed E-state index contributed by atoms with van der Waals surface area (Å²) in [5, 5.41) is 22.3. The Morgan fingerprint density at radius 1 is 1.56 bits per heavy atom. The molecule has 5 heteroatoms. The van der Waals surface area contributed by atoms with Gasteiger partial charge < -0.3 is 5.11 Å². The van der Waals surface area contributed by atoms with Gasteiger partial charge in [-0.25, -0.2) is 0 Å². The number of aliphatic hydroxyl groups excluding tert-OH is 1. The second-order valence-electron chi connectivity index (χ2n) is 3.78. The topological polar surface area (TPSA) is 92.8 Å². The fraction of sp³-hybridized carbons (Fsp3) is 0.364. The summed E-state index contributed by atoms with van der Waals surface area (Å²) in [6, 6.07) is 6.85. The zero-order valence-corrected chi connectivity index (χ0v) is 8.54. The van der Waals surface area contributed by atoms with E-state index in [1.165, 1.54) is 0 Å². The third-order valence-electron chi connectivity index (χ3n) is 2.86. The van der Waals surface area contributed by atoms with Gasteiger partial charge in [0.15, 0.2) is 0 Å². The Morgan fingerprint density at radius 3 is 3.06 bits per heavy atom. The van der Waals surface area contributed by atoms with Gasteiger partial charge in [0.05, 0.1) is 23.8 Å². The van der Waals surface area contributed by atoms with Crippen molar-refractivity contribution < 1.29 is 5.11 Å². The van der Waals surface area contributed by atoms with Gasteiger partial charge in [-0.2, -0.15) is 5.26 Å². The predicted molar refractivity (Wildman–Crippen MR) is 57.4 cm³/mol. The molecular weight excluding hydrogens is 204 g/mol. The number of benzene rings is 1. The van der Waals surface area contributed by atoms with Crippen molar-refractivity contribution in [1.29, 1.82) is 5.26 Å². The Labute approximate surface area is 92.6 Å². The number of rotatable bonds is 1. The molecule has 0 radical (unpaired) electrons. The maximum atomic E-state index is 9.97. The van der Waals surface area contributed by atoms with Gasteiger partial charge in [0.1, 0.15) is 0 Å². The summed E-state index contributed by atoms with van der Waals surface area (Å²) in [5.41, 5.74) is 10.7. The molecule has 80 valence electrons. The van der Waals surface area contributed by atoms with Crippen molar-refractivity contribution in [2.24, 2.45) is 5.11 Å². The van der Waals surface area contributed by atoms with Gasteiger partial charge in [0.25, 0.3) is 0 Å². The van der Waals surface area contributed by atoms with E-state index in [0.717, 1.165) is 17.5 Å². The lowest BCUT2D eigenvalue weighted by Crippen LogP contribution is -2.23. The van der Waals surface area contributed by atoms with E-state index >= 15 is 0 Å². The first-order valence-corrected chi connectivity index (χ1v) is 5.01. The average Bonchev–Trinajstić information content (AvgIpc) is 2.32. The second-order valence-corrected chi connectivity index (χ2v) is 3.78. The Morgan fingerprint density at radius 2 is 2.38 bits per heavy atom. The number of nitrogens with zero attached hydrogens (tertiary/aromatic N) is 4. The van der Waals surface area contributed by atoms with E-state index in [-0.39, 0.29) is 0 Å². The highest BCUT2D eigenvalue weighted by Gasteiger charge is 2.26. The molecule has 1 aromatic carbocycles. The van der Waals surface area contributed by atoms with Crippen molar-refractivity contribution in [2.45, 2.75) is 25.0 Å². The van der Waals surface area contributed by atoms with Crippen LogP contribution in [-0.4, -0.2) is 11.1 Å². The summed E-state index contributed by atoms with van der Waals surface area (Å²) in [5.74, 6) is 0. The molecule has 0 amide bonds. The number of nitriles is 1. The molecule has 1 N–H and O–H groups in total. The highest BCUT2D eigenvalue weighted by Crippen LogP contribution is 2.32. The fourth-order valence-electron chi connectivity index (χ4n) is 2.04. The number of fused-ring (bicyclic) bond motifs is 1. The van der Waals surface area contributed by atoms with Crippen LogP contribution in [0.2, 0.25) is 0 Å². The van der Waals surface area contributed by atoms with Crippen LogP contribution in [0.15, 0.2) is 23.3 Å². The zero-order valence-electron chi connectivity index (χ0n) is 8.54. The molecule has 0 fully saturated rings. The van der Waals surface area contributed by atoms with Gasteiger partial charge in [-0.1, -0.05) is 11.2 Å². The molecule has 1 aromatic rings. The van der Waals surface area contributed by atoms with E-state index in [9.17, 15) is 5.11 Å². The summed E-state index contributed by atoms with van der Waals surface area (Å²) in [6.45, 7) is 0. The molecule has 2 atom stereocenters. The molecule has 0 saturated carbocycles. The Kier molecular flexibility index (Phi) is 2.78. The van der Waals surface area contributed by atoms with E-state index in [0.29, 0.717) is 12.0 Å².